The third-order valence-corrected chi connectivity index (χ3v) is 4.83. The van der Waals surface area contributed by atoms with Crippen LogP contribution < -0.4 is 0 Å². The highest BCUT2D eigenvalue weighted by Gasteiger charge is 2.27. The first kappa shape index (κ1) is 20.3. The summed E-state index contributed by atoms with van der Waals surface area (Å²) in [5, 5.41) is 0. The second-order valence-corrected chi connectivity index (χ2v) is 6.92. The number of carbonyl (C=O) groups is 1. The fraction of sp³-hybridized carbons (Fsp3) is 0.125. The number of aromatic nitrogens is 1. The van der Waals surface area contributed by atoms with E-state index in [1.165, 1.54) is 11.0 Å². The van der Waals surface area contributed by atoms with E-state index in [0.29, 0.717) is 24.4 Å². The van der Waals surface area contributed by atoms with Gasteiger partial charge in [-0.1, -0.05) is 18.2 Å². The van der Waals surface area contributed by atoms with Gasteiger partial charge in [0.2, 0.25) is 0 Å². The monoisotopic (exact) mass is 416 g/mol. The number of ether oxygens (including phenoxy) is 1. The molecule has 0 bridgehead atoms. The van der Waals surface area contributed by atoms with Crippen LogP contribution >= 0.6 is 0 Å². The molecule has 0 fully saturated rings. The van der Waals surface area contributed by atoms with E-state index in [1.807, 2.05) is 41.1 Å². The van der Waals surface area contributed by atoms with Crippen LogP contribution in [0.25, 0.3) is 0 Å². The van der Waals surface area contributed by atoms with Crippen LogP contribution in [0.5, 0.6) is 0 Å². The lowest BCUT2D eigenvalue weighted by atomic mass is 10.1. The van der Waals surface area contributed by atoms with Crippen molar-refractivity contribution in [3.05, 3.63) is 108 Å². The molecule has 0 unspecified atom stereocenters. The summed E-state index contributed by atoms with van der Waals surface area (Å²) in [7, 11) is 0. The Morgan fingerprint density at radius 2 is 2.00 bits per heavy atom. The lowest BCUT2D eigenvalue weighted by molar-refractivity contribution is 0.130. The molecule has 3 heterocycles. The molecule has 7 heteroatoms. The van der Waals surface area contributed by atoms with Crippen molar-refractivity contribution in [1.82, 2.24) is 9.47 Å². The molecule has 0 atom stereocenters. The number of rotatable bonds is 1. The quantitative estimate of drug-likeness (QED) is 0.674. The van der Waals surface area contributed by atoms with Crippen LogP contribution in [0.1, 0.15) is 16.8 Å². The highest BCUT2D eigenvalue weighted by atomic mass is 19.1. The van der Waals surface area contributed by atoms with Crippen LogP contribution in [0.4, 0.5) is 9.18 Å². The van der Waals surface area contributed by atoms with Gasteiger partial charge in [0.1, 0.15) is 11.6 Å². The van der Waals surface area contributed by atoms with Crippen LogP contribution in [-0.4, -0.2) is 28.0 Å². The van der Waals surface area contributed by atoms with Gasteiger partial charge in [-0.05, 0) is 48.1 Å². The minimum absolute atomic E-state index is 0.180. The number of amides is 1. The van der Waals surface area contributed by atoms with E-state index in [4.69, 9.17) is 4.74 Å². The number of carbonyl (C=O) groups excluding carboxylic acids is 1. The Kier molecular flexibility index (Phi) is 6.32. The number of allylic oxidation sites excluding steroid dienone is 5. The van der Waals surface area contributed by atoms with Crippen molar-refractivity contribution >= 4 is 18.5 Å². The first-order valence-corrected chi connectivity index (χ1v) is 9.84. The molecule has 0 spiro atoms. The zero-order chi connectivity index (χ0) is 21.5. The van der Waals surface area contributed by atoms with E-state index in [9.17, 15) is 9.18 Å². The minimum Gasteiger partial charge on any atom is -0.410 e. The molecule has 0 radical (unpaired) electrons. The number of hydrogen-bond acceptors (Lipinski definition) is 4. The Morgan fingerprint density at radius 1 is 1.06 bits per heavy atom. The molecule has 31 heavy (non-hydrogen) atoms. The largest absolute Gasteiger partial charge is 0.415 e. The smallest absolute Gasteiger partial charge is 0.410 e. The summed E-state index contributed by atoms with van der Waals surface area (Å²) in [5.41, 5.74) is 2.26. The Balaban J connectivity index is 1.50. The molecule has 1 amide bonds. The molecule has 6 nitrogen and oxygen atoms in total. The molecular formula is C24H21FN4O2. The number of nitrogens with zero attached hydrogens (tertiary/aromatic N) is 4. The van der Waals surface area contributed by atoms with E-state index >= 15 is 0 Å². The standard InChI is InChI=1S/C24H21FN4O2/c25-23-9-3-6-19-17-29(18-22(19)23)24(30)31-21-8-4-12-26-11-1-2-14-28-15-5-7-20(28)16-27-13-10-21/h1-13,15-16H,14,17-18H2. The zero-order valence-electron chi connectivity index (χ0n) is 16.8. The Morgan fingerprint density at radius 3 is 2.90 bits per heavy atom. The summed E-state index contributed by atoms with van der Waals surface area (Å²) in [5.74, 6) is -0.0134. The van der Waals surface area contributed by atoms with Crippen LogP contribution in [-0.2, 0) is 24.4 Å². The highest BCUT2D eigenvalue weighted by molar-refractivity contribution is 5.78. The summed E-state index contributed by atoms with van der Waals surface area (Å²) in [6.07, 6.45) is 16.7. The fourth-order valence-electron chi connectivity index (χ4n) is 3.27. The van der Waals surface area contributed by atoms with Crippen molar-refractivity contribution in [2.45, 2.75) is 19.6 Å². The first-order valence-electron chi connectivity index (χ1n) is 9.84. The average Bonchev–Trinajstić information content (AvgIpc) is 3.39. The number of fused-ring (bicyclic) bond motifs is 2. The molecule has 4 rings (SSSR count). The van der Waals surface area contributed by atoms with E-state index < -0.39 is 6.09 Å². The Bertz CT molecular complexity index is 1140. The third-order valence-electron chi connectivity index (χ3n) is 4.83. The fourth-order valence-corrected chi connectivity index (χ4v) is 3.27. The summed E-state index contributed by atoms with van der Waals surface area (Å²) < 4.78 is 21.5. The molecule has 2 aromatic rings. The van der Waals surface area contributed by atoms with E-state index in [0.717, 1.165) is 11.3 Å². The number of hydrogen-bond donors (Lipinski definition) is 0. The average molecular weight is 416 g/mol. The van der Waals surface area contributed by atoms with Crippen molar-refractivity contribution in [1.29, 1.82) is 0 Å². The molecule has 0 saturated carbocycles. The van der Waals surface area contributed by atoms with Crippen LogP contribution in [0, 0.1) is 5.82 Å². The first-order chi connectivity index (χ1) is 15.2. The molecule has 0 N–H and O–H groups in total. The molecule has 1 aromatic heterocycles. The van der Waals surface area contributed by atoms with Gasteiger partial charge in [-0.15, -0.1) is 0 Å². The minimum atomic E-state index is -0.554. The van der Waals surface area contributed by atoms with Crippen molar-refractivity contribution in [2.75, 3.05) is 0 Å². The van der Waals surface area contributed by atoms with Crippen LogP contribution in [0.2, 0.25) is 0 Å². The number of halogens is 1. The number of benzene rings is 1. The zero-order valence-corrected chi connectivity index (χ0v) is 16.8. The van der Waals surface area contributed by atoms with Gasteiger partial charge in [0.25, 0.3) is 0 Å². The molecule has 2 aliphatic rings. The van der Waals surface area contributed by atoms with Gasteiger partial charge >= 0.3 is 6.09 Å². The highest BCUT2D eigenvalue weighted by Crippen LogP contribution is 2.26. The van der Waals surface area contributed by atoms with Crippen molar-refractivity contribution in [2.24, 2.45) is 9.98 Å². The summed E-state index contributed by atoms with van der Waals surface area (Å²) in [4.78, 5) is 22.6. The van der Waals surface area contributed by atoms with Gasteiger partial charge in [-0.25, -0.2) is 9.18 Å². The lowest BCUT2D eigenvalue weighted by Gasteiger charge is -2.15. The molecule has 0 saturated heterocycles. The van der Waals surface area contributed by atoms with Crippen molar-refractivity contribution < 1.29 is 13.9 Å². The van der Waals surface area contributed by atoms with Crippen LogP contribution in [0.15, 0.2) is 95.1 Å². The maximum absolute atomic E-state index is 14.0. The Hall–Kier alpha value is -4.00. The Labute approximate surface area is 179 Å². The van der Waals surface area contributed by atoms with E-state index in [1.54, 1.807) is 49.1 Å². The molecular weight excluding hydrogens is 395 g/mol. The predicted octanol–water partition coefficient (Wildman–Crippen LogP) is 4.75. The van der Waals surface area contributed by atoms with E-state index in [-0.39, 0.29) is 12.4 Å². The molecule has 156 valence electrons. The molecule has 0 aliphatic carbocycles. The van der Waals surface area contributed by atoms with E-state index in [2.05, 4.69) is 9.98 Å². The normalized spacial score (nSPS) is 15.8. The van der Waals surface area contributed by atoms with Gasteiger partial charge in [0.15, 0.2) is 0 Å². The second-order valence-electron chi connectivity index (χ2n) is 6.92. The maximum Gasteiger partial charge on any atom is 0.415 e. The van der Waals surface area contributed by atoms with Gasteiger partial charge < -0.3 is 9.30 Å². The predicted molar refractivity (Wildman–Crippen MR) is 118 cm³/mol. The summed E-state index contributed by atoms with van der Waals surface area (Å²) >= 11 is 0. The van der Waals surface area contributed by atoms with Gasteiger partial charge in [-0.3, -0.25) is 14.9 Å². The second kappa shape index (κ2) is 9.67. The molecule has 1 aromatic carbocycles. The SMILES string of the molecule is O=C(OC1=CC=CN=CC=CCn2cccc2C=NC=C1)N1Cc2cccc(F)c2C1. The van der Waals surface area contributed by atoms with Gasteiger partial charge in [0.05, 0.1) is 18.5 Å². The maximum atomic E-state index is 14.0. The van der Waals surface area contributed by atoms with Crippen molar-refractivity contribution in [3.63, 3.8) is 0 Å². The van der Waals surface area contributed by atoms with Gasteiger partial charge in [-0.2, -0.15) is 0 Å². The summed E-state index contributed by atoms with van der Waals surface area (Å²) in [6.45, 7) is 1.19. The van der Waals surface area contributed by atoms with Gasteiger partial charge in [0, 0.05) is 43.5 Å². The van der Waals surface area contributed by atoms with Crippen LogP contribution in [0.3, 0.4) is 0 Å². The lowest BCUT2D eigenvalue weighted by Crippen LogP contribution is -2.25. The number of aliphatic imine (C=N–C) groups is 2. The topological polar surface area (TPSA) is 59.2 Å². The third kappa shape index (κ3) is 5.14. The molecule has 2 aliphatic heterocycles. The summed E-state index contributed by atoms with van der Waals surface area (Å²) in [6, 6.07) is 8.76. The van der Waals surface area contributed by atoms with Crippen molar-refractivity contribution in [3.8, 4) is 0 Å².